The van der Waals surface area contributed by atoms with Crippen LogP contribution in [-0.2, 0) is 11.3 Å². The van der Waals surface area contributed by atoms with Gasteiger partial charge >= 0.3 is 0 Å². The molecule has 1 aliphatic heterocycles. The first-order valence-corrected chi connectivity index (χ1v) is 6.38. The molecule has 6 heteroatoms. The molecule has 2 amide bonds. The summed E-state index contributed by atoms with van der Waals surface area (Å²) in [6.07, 6.45) is 2.00. The SMILES string of the molecule is CC(C)C1CC(=O)N(Cc2occc2C(=O)NN)C1. The lowest BCUT2D eigenvalue weighted by Gasteiger charge is -2.17. The molecule has 1 atom stereocenters. The highest BCUT2D eigenvalue weighted by molar-refractivity contribution is 5.94. The first-order chi connectivity index (χ1) is 9.02. The van der Waals surface area contributed by atoms with Crippen molar-refractivity contribution in [3.05, 3.63) is 23.7 Å². The van der Waals surface area contributed by atoms with Crippen LogP contribution in [0.3, 0.4) is 0 Å². The molecule has 104 valence electrons. The number of hydrogen-bond donors (Lipinski definition) is 2. The van der Waals surface area contributed by atoms with Crippen molar-refractivity contribution in [3.8, 4) is 0 Å². The predicted octanol–water partition coefficient (Wildman–Crippen LogP) is 0.888. The number of hydrazine groups is 1. The minimum atomic E-state index is -0.407. The van der Waals surface area contributed by atoms with Gasteiger partial charge in [-0.3, -0.25) is 15.0 Å². The summed E-state index contributed by atoms with van der Waals surface area (Å²) in [7, 11) is 0. The van der Waals surface area contributed by atoms with Gasteiger partial charge in [0, 0.05) is 13.0 Å². The molecule has 1 unspecified atom stereocenters. The highest BCUT2D eigenvalue weighted by Crippen LogP contribution is 2.26. The van der Waals surface area contributed by atoms with Gasteiger partial charge in [0.15, 0.2) is 0 Å². The summed E-state index contributed by atoms with van der Waals surface area (Å²) in [6.45, 7) is 5.25. The number of nitrogen functional groups attached to an aromatic ring is 1. The number of furan rings is 1. The molecule has 1 aromatic heterocycles. The van der Waals surface area contributed by atoms with Crippen LogP contribution in [-0.4, -0.2) is 23.3 Å². The predicted molar refractivity (Wildman–Crippen MR) is 68.7 cm³/mol. The van der Waals surface area contributed by atoms with Crippen LogP contribution in [0.1, 0.15) is 36.4 Å². The monoisotopic (exact) mass is 265 g/mol. The van der Waals surface area contributed by atoms with Crippen LogP contribution in [0.5, 0.6) is 0 Å². The van der Waals surface area contributed by atoms with E-state index in [0.717, 1.165) is 0 Å². The minimum Gasteiger partial charge on any atom is -0.467 e. The zero-order valence-corrected chi connectivity index (χ0v) is 11.2. The van der Waals surface area contributed by atoms with Gasteiger partial charge in [-0.1, -0.05) is 13.8 Å². The van der Waals surface area contributed by atoms with E-state index in [1.54, 1.807) is 11.0 Å². The summed E-state index contributed by atoms with van der Waals surface area (Å²) >= 11 is 0. The van der Waals surface area contributed by atoms with E-state index < -0.39 is 5.91 Å². The average Bonchev–Trinajstić information content (AvgIpc) is 2.97. The van der Waals surface area contributed by atoms with Gasteiger partial charge in [0.1, 0.15) is 5.76 Å². The van der Waals surface area contributed by atoms with E-state index in [2.05, 4.69) is 19.3 Å². The lowest BCUT2D eigenvalue weighted by Crippen LogP contribution is -2.31. The number of nitrogens with two attached hydrogens (primary N) is 1. The van der Waals surface area contributed by atoms with Crippen LogP contribution in [0, 0.1) is 11.8 Å². The summed E-state index contributed by atoms with van der Waals surface area (Å²) in [5.74, 6) is 6.12. The Kier molecular flexibility index (Phi) is 3.90. The van der Waals surface area contributed by atoms with Crippen LogP contribution >= 0.6 is 0 Å². The molecule has 0 aromatic carbocycles. The van der Waals surface area contributed by atoms with E-state index in [4.69, 9.17) is 10.3 Å². The molecule has 1 fully saturated rings. The van der Waals surface area contributed by atoms with Crippen molar-refractivity contribution < 1.29 is 14.0 Å². The Balaban J connectivity index is 2.08. The maximum absolute atomic E-state index is 11.9. The molecule has 0 saturated carbocycles. The molecule has 0 spiro atoms. The van der Waals surface area contributed by atoms with Crippen molar-refractivity contribution in [3.63, 3.8) is 0 Å². The van der Waals surface area contributed by atoms with E-state index in [0.29, 0.717) is 42.7 Å². The van der Waals surface area contributed by atoms with Gasteiger partial charge in [-0.05, 0) is 17.9 Å². The lowest BCUT2D eigenvalue weighted by molar-refractivity contribution is -0.128. The quantitative estimate of drug-likeness (QED) is 0.480. The van der Waals surface area contributed by atoms with Crippen molar-refractivity contribution in [2.75, 3.05) is 6.54 Å². The second kappa shape index (κ2) is 5.44. The third-order valence-electron chi connectivity index (χ3n) is 3.64. The highest BCUT2D eigenvalue weighted by Gasteiger charge is 2.32. The molecule has 0 radical (unpaired) electrons. The highest BCUT2D eigenvalue weighted by atomic mass is 16.3. The number of nitrogens with one attached hydrogen (secondary N) is 1. The standard InChI is InChI=1S/C13H19N3O3/c1-8(2)9-5-12(17)16(6-9)7-11-10(3-4-19-11)13(18)15-14/h3-4,8-9H,5-7,14H2,1-2H3,(H,15,18). The van der Waals surface area contributed by atoms with Crippen molar-refractivity contribution >= 4 is 11.8 Å². The molecule has 19 heavy (non-hydrogen) atoms. The number of carbonyl (C=O) groups is 2. The van der Waals surface area contributed by atoms with E-state index >= 15 is 0 Å². The Morgan fingerprint density at radius 3 is 2.95 bits per heavy atom. The van der Waals surface area contributed by atoms with E-state index in [9.17, 15) is 9.59 Å². The molecule has 1 saturated heterocycles. The zero-order chi connectivity index (χ0) is 14.0. The fourth-order valence-electron chi connectivity index (χ4n) is 2.32. The maximum Gasteiger partial charge on any atom is 0.268 e. The van der Waals surface area contributed by atoms with Gasteiger partial charge in [0.25, 0.3) is 5.91 Å². The van der Waals surface area contributed by atoms with Gasteiger partial charge in [0.05, 0.1) is 18.4 Å². The van der Waals surface area contributed by atoms with Crippen LogP contribution < -0.4 is 11.3 Å². The second-order valence-corrected chi connectivity index (χ2v) is 5.21. The topological polar surface area (TPSA) is 88.6 Å². The largest absolute Gasteiger partial charge is 0.467 e. The third kappa shape index (κ3) is 2.78. The van der Waals surface area contributed by atoms with Crippen molar-refractivity contribution in [2.45, 2.75) is 26.8 Å². The van der Waals surface area contributed by atoms with Gasteiger partial charge in [0.2, 0.25) is 5.91 Å². The number of likely N-dealkylation sites (tertiary alicyclic amines) is 1. The molecule has 1 aromatic rings. The Morgan fingerprint density at radius 1 is 1.63 bits per heavy atom. The summed E-state index contributed by atoms with van der Waals surface area (Å²) in [6, 6.07) is 1.55. The molecule has 0 aliphatic carbocycles. The molecule has 1 aliphatic rings. The van der Waals surface area contributed by atoms with Crippen molar-refractivity contribution in [1.82, 2.24) is 10.3 Å². The van der Waals surface area contributed by atoms with Crippen LogP contribution in [0.25, 0.3) is 0 Å². The average molecular weight is 265 g/mol. The van der Waals surface area contributed by atoms with E-state index in [1.165, 1.54) is 6.26 Å². The Hall–Kier alpha value is -1.82. The molecular formula is C13H19N3O3. The summed E-state index contributed by atoms with van der Waals surface area (Å²) in [4.78, 5) is 25.2. The summed E-state index contributed by atoms with van der Waals surface area (Å²) in [5, 5.41) is 0. The van der Waals surface area contributed by atoms with Crippen LogP contribution in [0.2, 0.25) is 0 Å². The Morgan fingerprint density at radius 2 is 2.37 bits per heavy atom. The van der Waals surface area contributed by atoms with E-state index in [1.807, 2.05) is 0 Å². The smallest absolute Gasteiger partial charge is 0.268 e. The molecule has 3 N–H and O–H groups in total. The Labute approximate surface area is 111 Å². The third-order valence-corrected chi connectivity index (χ3v) is 3.64. The van der Waals surface area contributed by atoms with Gasteiger partial charge in [-0.25, -0.2) is 5.84 Å². The fourth-order valence-corrected chi connectivity index (χ4v) is 2.32. The van der Waals surface area contributed by atoms with E-state index in [-0.39, 0.29) is 5.91 Å². The fraction of sp³-hybridized carbons (Fsp3) is 0.538. The molecule has 0 bridgehead atoms. The van der Waals surface area contributed by atoms with Gasteiger partial charge in [-0.15, -0.1) is 0 Å². The maximum atomic E-state index is 11.9. The number of rotatable bonds is 4. The minimum absolute atomic E-state index is 0.106. The number of amides is 2. The van der Waals surface area contributed by atoms with Gasteiger partial charge in [-0.2, -0.15) is 0 Å². The zero-order valence-electron chi connectivity index (χ0n) is 11.2. The first kappa shape index (κ1) is 13.6. The normalized spacial score (nSPS) is 19.3. The molecular weight excluding hydrogens is 246 g/mol. The van der Waals surface area contributed by atoms with Crippen molar-refractivity contribution in [1.29, 1.82) is 0 Å². The second-order valence-electron chi connectivity index (χ2n) is 5.21. The van der Waals surface area contributed by atoms with Crippen LogP contribution in [0.4, 0.5) is 0 Å². The molecule has 2 heterocycles. The molecule has 6 nitrogen and oxygen atoms in total. The number of nitrogens with zero attached hydrogens (tertiary/aromatic N) is 1. The Bertz CT molecular complexity index is 481. The van der Waals surface area contributed by atoms with Crippen LogP contribution in [0.15, 0.2) is 16.7 Å². The number of hydrogen-bond acceptors (Lipinski definition) is 4. The first-order valence-electron chi connectivity index (χ1n) is 6.38. The van der Waals surface area contributed by atoms with Crippen molar-refractivity contribution in [2.24, 2.45) is 17.7 Å². The number of carbonyl (C=O) groups excluding carboxylic acids is 2. The summed E-state index contributed by atoms with van der Waals surface area (Å²) in [5.41, 5.74) is 2.45. The lowest BCUT2D eigenvalue weighted by atomic mass is 9.95. The van der Waals surface area contributed by atoms with Gasteiger partial charge < -0.3 is 9.32 Å². The summed E-state index contributed by atoms with van der Waals surface area (Å²) < 4.78 is 5.28. The molecule has 2 rings (SSSR count).